The van der Waals surface area contributed by atoms with Crippen LogP contribution in [0.5, 0.6) is 0 Å². The molecule has 0 saturated heterocycles. The third-order valence-corrected chi connectivity index (χ3v) is 4.47. The van der Waals surface area contributed by atoms with Gasteiger partial charge in [0.25, 0.3) is 0 Å². The van der Waals surface area contributed by atoms with E-state index < -0.39 is 0 Å². The Hall–Kier alpha value is -1.57. The van der Waals surface area contributed by atoms with Crippen LogP contribution in [0.15, 0.2) is 36.5 Å². The van der Waals surface area contributed by atoms with Crippen LogP contribution in [0.1, 0.15) is 39.5 Å². The molecule has 1 atom stereocenters. The summed E-state index contributed by atoms with van der Waals surface area (Å²) in [4.78, 5) is 4.53. The Kier molecular flexibility index (Phi) is 3.17. The van der Waals surface area contributed by atoms with E-state index in [1.54, 1.807) is 0 Å². The van der Waals surface area contributed by atoms with E-state index in [1.165, 1.54) is 36.8 Å². The molecule has 0 spiro atoms. The van der Waals surface area contributed by atoms with Crippen LogP contribution in [0, 0.1) is 5.41 Å². The molecule has 0 bridgehead atoms. The van der Waals surface area contributed by atoms with Gasteiger partial charge in [-0.05, 0) is 30.4 Å². The molecular weight excluding hydrogens is 232 g/mol. The van der Waals surface area contributed by atoms with Crippen molar-refractivity contribution >= 4 is 16.6 Å². The second-order valence-corrected chi connectivity index (χ2v) is 6.31. The zero-order valence-electron chi connectivity index (χ0n) is 11.8. The first-order valence-electron chi connectivity index (χ1n) is 7.27. The predicted octanol–water partition coefficient (Wildman–Crippen LogP) is 4.62. The summed E-state index contributed by atoms with van der Waals surface area (Å²) in [6.45, 7) is 4.75. The number of fused-ring (bicyclic) bond motifs is 1. The minimum Gasteiger partial charge on any atom is -0.380 e. The van der Waals surface area contributed by atoms with Crippen LogP contribution in [-0.4, -0.2) is 11.0 Å². The fourth-order valence-corrected chi connectivity index (χ4v) is 3.17. The highest BCUT2D eigenvalue weighted by Gasteiger charge is 2.32. The first-order valence-corrected chi connectivity index (χ1v) is 7.27. The molecule has 1 aliphatic rings. The minimum atomic E-state index is 0.370. The second kappa shape index (κ2) is 4.84. The maximum Gasteiger partial charge on any atom is 0.0933 e. The summed E-state index contributed by atoms with van der Waals surface area (Å²) in [5, 5.41) is 4.96. The lowest BCUT2D eigenvalue weighted by Crippen LogP contribution is -2.38. The molecule has 1 aliphatic carbocycles. The van der Waals surface area contributed by atoms with Crippen molar-refractivity contribution in [3.05, 3.63) is 36.5 Å². The lowest BCUT2D eigenvalue weighted by atomic mass is 9.73. The zero-order chi connectivity index (χ0) is 13.3. The van der Waals surface area contributed by atoms with E-state index in [4.69, 9.17) is 0 Å². The molecule has 0 amide bonds. The van der Waals surface area contributed by atoms with Gasteiger partial charge in [-0.1, -0.05) is 44.9 Å². The Morgan fingerprint density at radius 3 is 2.84 bits per heavy atom. The van der Waals surface area contributed by atoms with Gasteiger partial charge in [0.2, 0.25) is 0 Å². The number of rotatable bonds is 2. The van der Waals surface area contributed by atoms with E-state index >= 15 is 0 Å². The number of benzene rings is 1. The van der Waals surface area contributed by atoms with Gasteiger partial charge in [0.1, 0.15) is 0 Å². The number of pyridine rings is 1. The molecule has 1 aromatic carbocycles. The van der Waals surface area contributed by atoms with Crippen LogP contribution < -0.4 is 5.32 Å². The van der Waals surface area contributed by atoms with Gasteiger partial charge in [-0.2, -0.15) is 0 Å². The molecule has 100 valence electrons. The van der Waals surface area contributed by atoms with Crippen LogP contribution in [0.4, 0.5) is 5.69 Å². The van der Waals surface area contributed by atoms with Crippen molar-refractivity contribution in [1.82, 2.24) is 4.98 Å². The van der Waals surface area contributed by atoms with Gasteiger partial charge in [-0.25, -0.2) is 0 Å². The fraction of sp³-hybridized carbons (Fsp3) is 0.471. The quantitative estimate of drug-likeness (QED) is 0.846. The number of para-hydroxylation sites is 1. The highest BCUT2D eigenvalue weighted by molar-refractivity contribution is 5.90. The maximum absolute atomic E-state index is 4.53. The molecule has 19 heavy (non-hydrogen) atoms. The van der Waals surface area contributed by atoms with Crippen molar-refractivity contribution in [1.29, 1.82) is 0 Å². The van der Waals surface area contributed by atoms with E-state index in [-0.39, 0.29) is 0 Å². The largest absolute Gasteiger partial charge is 0.380 e. The van der Waals surface area contributed by atoms with Gasteiger partial charge in [-0.15, -0.1) is 0 Å². The van der Waals surface area contributed by atoms with Crippen LogP contribution in [0.25, 0.3) is 10.9 Å². The number of aromatic nitrogens is 1. The van der Waals surface area contributed by atoms with Crippen molar-refractivity contribution in [2.45, 2.75) is 45.6 Å². The van der Waals surface area contributed by atoms with Crippen molar-refractivity contribution in [3.8, 4) is 0 Å². The highest BCUT2D eigenvalue weighted by Crippen LogP contribution is 2.38. The minimum absolute atomic E-state index is 0.370. The molecular formula is C17H22N2. The Balaban J connectivity index is 1.93. The highest BCUT2D eigenvalue weighted by atomic mass is 15.0. The van der Waals surface area contributed by atoms with Gasteiger partial charge >= 0.3 is 0 Å². The third-order valence-electron chi connectivity index (χ3n) is 4.47. The second-order valence-electron chi connectivity index (χ2n) is 6.31. The Morgan fingerprint density at radius 2 is 2.00 bits per heavy atom. The molecule has 1 unspecified atom stereocenters. The molecule has 2 heteroatoms. The number of hydrogen-bond donors (Lipinski definition) is 1. The summed E-state index contributed by atoms with van der Waals surface area (Å²) in [6.07, 6.45) is 7.14. The number of anilines is 1. The van der Waals surface area contributed by atoms with E-state index in [2.05, 4.69) is 48.4 Å². The first kappa shape index (κ1) is 12.5. The number of hydrogen-bond acceptors (Lipinski definition) is 2. The summed E-state index contributed by atoms with van der Waals surface area (Å²) in [5.41, 5.74) is 2.64. The van der Waals surface area contributed by atoms with Crippen molar-refractivity contribution in [3.63, 3.8) is 0 Å². The number of nitrogens with zero attached hydrogens (tertiary/aromatic N) is 1. The molecule has 1 N–H and O–H groups in total. The zero-order valence-corrected chi connectivity index (χ0v) is 11.8. The van der Waals surface area contributed by atoms with E-state index in [9.17, 15) is 0 Å². The Labute approximate surface area is 115 Å². The van der Waals surface area contributed by atoms with E-state index in [1.807, 2.05) is 12.3 Å². The fourth-order valence-electron chi connectivity index (χ4n) is 3.17. The predicted molar refractivity (Wildman–Crippen MR) is 81.4 cm³/mol. The van der Waals surface area contributed by atoms with Gasteiger partial charge in [0.15, 0.2) is 0 Å². The summed E-state index contributed by atoms with van der Waals surface area (Å²) >= 11 is 0. The number of nitrogens with one attached hydrogen (secondary N) is 1. The average Bonchev–Trinajstić information content (AvgIpc) is 2.41. The lowest BCUT2D eigenvalue weighted by molar-refractivity contribution is 0.217. The summed E-state index contributed by atoms with van der Waals surface area (Å²) in [5.74, 6) is 0. The summed E-state index contributed by atoms with van der Waals surface area (Å²) in [7, 11) is 0. The van der Waals surface area contributed by atoms with Crippen molar-refractivity contribution < 1.29 is 0 Å². The first-order chi connectivity index (χ1) is 9.17. The molecule has 2 nitrogen and oxygen atoms in total. The van der Waals surface area contributed by atoms with Crippen LogP contribution in [-0.2, 0) is 0 Å². The normalized spacial score (nSPS) is 22.3. The third kappa shape index (κ3) is 2.44. The molecule has 1 heterocycles. The molecule has 1 saturated carbocycles. The molecule has 1 aromatic heterocycles. The summed E-state index contributed by atoms with van der Waals surface area (Å²) < 4.78 is 0. The van der Waals surface area contributed by atoms with Gasteiger partial charge in [-0.3, -0.25) is 4.98 Å². The smallest absolute Gasteiger partial charge is 0.0933 e. The van der Waals surface area contributed by atoms with Gasteiger partial charge < -0.3 is 5.32 Å². The lowest BCUT2D eigenvalue weighted by Gasteiger charge is -2.39. The SMILES string of the molecule is CC1(C)CCCCC1Nc1cccc2cccnc12. The molecule has 3 rings (SSSR count). The molecule has 0 aliphatic heterocycles. The van der Waals surface area contributed by atoms with Crippen LogP contribution in [0.2, 0.25) is 0 Å². The average molecular weight is 254 g/mol. The Morgan fingerprint density at radius 1 is 1.16 bits per heavy atom. The van der Waals surface area contributed by atoms with E-state index in [0.29, 0.717) is 11.5 Å². The van der Waals surface area contributed by atoms with Crippen LogP contribution >= 0.6 is 0 Å². The van der Waals surface area contributed by atoms with Gasteiger partial charge in [0.05, 0.1) is 11.2 Å². The maximum atomic E-state index is 4.53. The summed E-state index contributed by atoms with van der Waals surface area (Å²) in [6, 6.07) is 11.1. The molecule has 2 aromatic rings. The monoisotopic (exact) mass is 254 g/mol. The van der Waals surface area contributed by atoms with Crippen LogP contribution in [0.3, 0.4) is 0 Å². The molecule has 0 radical (unpaired) electrons. The van der Waals surface area contributed by atoms with Gasteiger partial charge in [0, 0.05) is 17.6 Å². The molecule has 1 fully saturated rings. The van der Waals surface area contributed by atoms with Crippen molar-refractivity contribution in [2.24, 2.45) is 5.41 Å². The van der Waals surface area contributed by atoms with Crippen molar-refractivity contribution in [2.75, 3.05) is 5.32 Å². The topological polar surface area (TPSA) is 24.9 Å². The standard InChI is InChI=1S/C17H22N2/c1-17(2)11-4-3-10-15(17)19-14-9-5-7-13-8-6-12-18-16(13)14/h5-9,12,15,19H,3-4,10-11H2,1-2H3. The Bertz CT molecular complexity index is 569. The van der Waals surface area contributed by atoms with E-state index in [0.717, 1.165) is 5.52 Å².